The SMILES string of the molecule is CCOC(=O)[C@@H](NS(=O)(=O)c1ccc(C)cc1)[C@@H](NC)c1ccccc1Cl. The number of likely N-dealkylation sites (N-methyl/N-ethyl adjacent to an activating group) is 1. The molecule has 8 heteroatoms. The van der Waals surface area contributed by atoms with Gasteiger partial charge in [0.2, 0.25) is 10.0 Å². The van der Waals surface area contributed by atoms with Gasteiger partial charge in [-0.15, -0.1) is 0 Å². The first-order chi connectivity index (χ1) is 12.8. The molecule has 0 radical (unpaired) electrons. The fourth-order valence-electron chi connectivity index (χ4n) is 2.67. The number of hydrogen-bond donors (Lipinski definition) is 2. The highest BCUT2D eigenvalue weighted by Gasteiger charge is 2.35. The van der Waals surface area contributed by atoms with E-state index in [0.29, 0.717) is 10.6 Å². The Balaban J connectivity index is 2.43. The van der Waals surface area contributed by atoms with Crippen molar-refractivity contribution in [3.05, 3.63) is 64.7 Å². The van der Waals surface area contributed by atoms with E-state index in [0.717, 1.165) is 5.56 Å². The van der Waals surface area contributed by atoms with E-state index >= 15 is 0 Å². The van der Waals surface area contributed by atoms with Gasteiger partial charge in [-0.1, -0.05) is 47.5 Å². The molecule has 2 aromatic carbocycles. The predicted octanol–water partition coefficient (Wildman–Crippen LogP) is 2.82. The molecule has 0 saturated carbocycles. The summed E-state index contributed by atoms with van der Waals surface area (Å²) in [5.74, 6) is -0.688. The monoisotopic (exact) mass is 410 g/mol. The number of esters is 1. The number of rotatable bonds is 8. The Bertz CT molecular complexity index is 885. The zero-order valence-electron chi connectivity index (χ0n) is 15.4. The Labute approximate surface area is 164 Å². The van der Waals surface area contributed by atoms with Gasteiger partial charge in [0.05, 0.1) is 17.5 Å². The maximum absolute atomic E-state index is 12.8. The molecule has 2 rings (SSSR count). The molecule has 0 aliphatic carbocycles. The van der Waals surface area contributed by atoms with Crippen LogP contribution < -0.4 is 10.0 Å². The van der Waals surface area contributed by atoms with Crippen molar-refractivity contribution >= 4 is 27.6 Å². The van der Waals surface area contributed by atoms with Gasteiger partial charge in [0.15, 0.2) is 0 Å². The second-order valence-corrected chi connectivity index (χ2v) is 8.07. The molecular formula is C19H23ClN2O4S. The Hall–Kier alpha value is -1.93. The lowest BCUT2D eigenvalue weighted by Crippen LogP contribution is -2.49. The van der Waals surface area contributed by atoms with Gasteiger partial charge < -0.3 is 10.1 Å². The third kappa shape index (κ3) is 5.29. The standard InChI is InChI=1S/C19H23ClN2O4S/c1-4-26-19(23)18(17(21-3)15-7-5-6-8-16(15)20)22-27(24,25)14-11-9-13(2)10-12-14/h5-12,17-18,21-22H,4H2,1-3H3/t17-,18-/m0/s1. The van der Waals surface area contributed by atoms with Gasteiger partial charge in [0.1, 0.15) is 6.04 Å². The number of halogens is 1. The van der Waals surface area contributed by atoms with Gasteiger partial charge in [-0.05, 0) is 44.7 Å². The summed E-state index contributed by atoms with van der Waals surface area (Å²) in [6.45, 7) is 3.65. The molecule has 0 amide bonds. The highest BCUT2D eigenvalue weighted by Crippen LogP contribution is 2.26. The third-order valence-corrected chi connectivity index (χ3v) is 5.84. The van der Waals surface area contributed by atoms with Crippen molar-refractivity contribution in [1.82, 2.24) is 10.0 Å². The summed E-state index contributed by atoms with van der Waals surface area (Å²) in [4.78, 5) is 12.6. The van der Waals surface area contributed by atoms with Crippen LogP contribution in [0.3, 0.4) is 0 Å². The van der Waals surface area contributed by atoms with Gasteiger partial charge in [0, 0.05) is 5.02 Å². The predicted molar refractivity (Wildman–Crippen MR) is 105 cm³/mol. The van der Waals surface area contributed by atoms with E-state index in [1.54, 1.807) is 50.4 Å². The highest BCUT2D eigenvalue weighted by atomic mass is 35.5. The second-order valence-electron chi connectivity index (χ2n) is 5.95. The smallest absolute Gasteiger partial charge is 0.326 e. The molecule has 0 aromatic heterocycles. The Morgan fingerprint density at radius 3 is 2.33 bits per heavy atom. The molecule has 6 nitrogen and oxygen atoms in total. The number of nitrogens with one attached hydrogen (secondary N) is 2. The van der Waals surface area contributed by atoms with Crippen LogP contribution in [-0.4, -0.2) is 34.1 Å². The minimum Gasteiger partial charge on any atom is -0.465 e. The number of carbonyl (C=O) groups excluding carboxylic acids is 1. The van der Waals surface area contributed by atoms with Crippen LogP contribution in [0.5, 0.6) is 0 Å². The number of ether oxygens (including phenoxy) is 1. The first-order valence-electron chi connectivity index (χ1n) is 8.47. The minimum absolute atomic E-state index is 0.0661. The molecule has 0 heterocycles. The number of aryl methyl sites for hydroxylation is 1. The topological polar surface area (TPSA) is 84.5 Å². The van der Waals surface area contributed by atoms with Gasteiger partial charge in [-0.25, -0.2) is 8.42 Å². The molecule has 0 spiro atoms. The molecule has 2 atom stereocenters. The summed E-state index contributed by atoms with van der Waals surface area (Å²) in [7, 11) is -2.32. The molecule has 0 fully saturated rings. The van der Waals surface area contributed by atoms with E-state index in [-0.39, 0.29) is 11.5 Å². The van der Waals surface area contributed by atoms with E-state index in [1.165, 1.54) is 12.1 Å². The maximum atomic E-state index is 12.8. The molecular weight excluding hydrogens is 388 g/mol. The summed E-state index contributed by atoms with van der Waals surface area (Å²) in [5.41, 5.74) is 1.52. The van der Waals surface area contributed by atoms with Gasteiger partial charge in [0.25, 0.3) is 0 Å². The van der Waals surface area contributed by atoms with Crippen LogP contribution >= 0.6 is 11.6 Å². The molecule has 0 unspecified atom stereocenters. The summed E-state index contributed by atoms with van der Waals surface area (Å²) in [6, 6.07) is 11.4. The van der Waals surface area contributed by atoms with E-state index in [1.807, 2.05) is 6.92 Å². The van der Waals surface area contributed by atoms with Crippen molar-refractivity contribution in [2.75, 3.05) is 13.7 Å². The van der Waals surface area contributed by atoms with Crippen molar-refractivity contribution in [3.63, 3.8) is 0 Å². The molecule has 2 aromatic rings. The van der Waals surface area contributed by atoms with Crippen molar-refractivity contribution in [3.8, 4) is 0 Å². The van der Waals surface area contributed by atoms with Gasteiger partial charge in [-0.3, -0.25) is 4.79 Å². The largest absolute Gasteiger partial charge is 0.465 e. The zero-order valence-corrected chi connectivity index (χ0v) is 17.0. The molecule has 146 valence electrons. The molecule has 0 aliphatic heterocycles. The Morgan fingerprint density at radius 2 is 1.78 bits per heavy atom. The fourth-order valence-corrected chi connectivity index (χ4v) is 4.12. The van der Waals surface area contributed by atoms with Crippen LogP contribution in [0.25, 0.3) is 0 Å². The van der Waals surface area contributed by atoms with Crippen LogP contribution in [0.2, 0.25) is 5.02 Å². The fraction of sp³-hybridized carbons (Fsp3) is 0.316. The van der Waals surface area contributed by atoms with E-state index in [4.69, 9.17) is 16.3 Å². The zero-order chi connectivity index (χ0) is 20.0. The van der Waals surface area contributed by atoms with Crippen LogP contribution in [0.15, 0.2) is 53.4 Å². The number of hydrogen-bond acceptors (Lipinski definition) is 5. The molecule has 0 saturated heterocycles. The third-order valence-electron chi connectivity index (χ3n) is 4.04. The molecule has 2 N–H and O–H groups in total. The number of benzene rings is 2. The van der Waals surface area contributed by atoms with Crippen LogP contribution in [0.1, 0.15) is 24.1 Å². The van der Waals surface area contributed by atoms with Crippen LogP contribution in [0.4, 0.5) is 0 Å². The lowest BCUT2D eigenvalue weighted by Gasteiger charge is -2.27. The van der Waals surface area contributed by atoms with E-state index in [2.05, 4.69) is 10.0 Å². The number of sulfonamides is 1. The van der Waals surface area contributed by atoms with Crippen molar-refractivity contribution in [1.29, 1.82) is 0 Å². The average Bonchev–Trinajstić information content (AvgIpc) is 2.63. The molecule has 27 heavy (non-hydrogen) atoms. The highest BCUT2D eigenvalue weighted by molar-refractivity contribution is 7.89. The lowest BCUT2D eigenvalue weighted by molar-refractivity contribution is -0.146. The van der Waals surface area contributed by atoms with Gasteiger partial charge >= 0.3 is 5.97 Å². The summed E-state index contributed by atoms with van der Waals surface area (Å²) in [6.07, 6.45) is 0. The number of carbonyl (C=O) groups is 1. The maximum Gasteiger partial charge on any atom is 0.326 e. The summed E-state index contributed by atoms with van der Waals surface area (Å²) < 4.78 is 33.2. The lowest BCUT2D eigenvalue weighted by atomic mass is 10.00. The second kappa shape index (κ2) is 9.32. The van der Waals surface area contributed by atoms with E-state index in [9.17, 15) is 13.2 Å². The normalized spacial score (nSPS) is 13.8. The van der Waals surface area contributed by atoms with Crippen LogP contribution in [0, 0.1) is 6.92 Å². The Kier molecular flexibility index (Phi) is 7.38. The first-order valence-corrected chi connectivity index (χ1v) is 10.3. The molecule has 0 bridgehead atoms. The van der Waals surface area contributed by atoms with Crippen molar-refractivity contribution < 1.29 is 17.9 Å². The first kappa shape index (κ1) is 21.4. The summed E-state index contributed by atoms with van der Waals surface area (Å²) in [5, 5.41) is 3.39. The van der Waals surface area contributed by atoms with Gasteiger partial charge in [-0.2, -0.15) is 4.72 Å². The van der Waals surface area contributed by atoms with Crippen molar-refractivity contribution in [2.24, 2.45) is 0 Å². The van der Waals surface area contributed by atoms with Crippen LogP contribution in [-0.2, 0) is 19.6 Å². The minimum atomic E-state index is -3.95. The quantitative estimate of drug-likeness (QED) is 0.654. The van der Waals surface area contributed by atoms with Crippen molar-refractivity contribution in [2.45, 2.75) is 30.8 Å². The average molecular weight is 411 g/mol. The Morgan fingerprint density at radius 1 is 1.15 bits per heavy atom. The van der Waals surface area contributed by atoms with E-state index < -0.39 is 28.1 Å². The molecule has 0 aliphatic rings. The summed E-state index contributed by atoms with van der Waals surface area (Å²) >= 11 is 6.26.